The fourth-order valence-electron chi connectivity index (χ4n) is 4.48. The molecular weight excluding hydrogens is 414 g/mol. The molecule has 7 heteroatoms. The Morgan fingerprint density at radius 1 is 1.09 bits per heavy atom. The molecule has 33 heavy (non-hydrogen) atoms. The van der Waals surface area contributed by atoms with Gasteiger partial charge in [-0.25, -0.2) is 9.67 Å². The zero-order valence-corrected chi connectivity index (χ0v) is 19.5. The fourth-order valence-corrected chi connectivity index (χ4v) is 4.48. The van der Waals surface area contributed by atoms with E-state index >= 15 is 0 Å². The summed E-state index contributed by atoms with van der Waals surface area (Å²) >= 11 is 0. The predicted molar refractivity (Wildman–Crippen MR) is 127 cm³/mol. The normalized spacial score (nSPS) is 15.3. The molecule has 0 radical (unpaired) electrons. The number of carbonyl (C=O) groups excluding carboxylic acids is 2. The monoisotopic (exact) mass is 445 g/mol. The first-order valence-corrected chi connectivity index (χ1v) is 11.6. The summed E-state index contributed by atoms with van der Waals surface area (Å²) < 4.78 is 1.77. The van der Waals surface area contributed by atoms with Crippen molar-refractivity contribution in [2.24, 2.45) is 0 Å². The molecule has 3 aromatic rings. The van der Waals surface area contributed by atoms with Gasteiger partial charge in [-0.2, -0.15) is 5.10 Å². The van der Waals surface area contributed by atoms with Crippen LogP contribution in [0.1, 0.15) is 59.4 Å². The summed E-state index contributed by atoms with van der Waals surface area (Å²) in [4.78, 5) is 32.2. The van der Waals surface area contributed by atoms with Gasteiger partial charge in [0.25, 0.3) is 5.91 Å². The Hall–Kier alpha value is -3.48. The first kappa shape index (κ1) is 22.7. The molecule has 1 unspecified atom stereocenters. The van der Waals surface area contributed by atoms with Gasteiger partial charge in [0.1, 0.15) is 0 Å². The molecule has 0 spiro atoms. The highest BCUT2D eigenvalue weighted by Gasteiger charge is 2.29. The number of pyridine rings is 1. The number of benzene rings is 1. The summed E-state index contributed by atoms with van der Waals surface area (Å²) in [6, 6.07) is 15.6. The quantitative estimate of drug-likeness (QED) is 0.626. The molecule has 7 nitrogen and oxygen atoms in total. The number of amides is 2. The van der Waals surface area contributed by atoms with Crippen LogP contribution in [0.15, 0.2) is 54.7 Å². The minimum absolute atomic E-state index is 0.0500. The maximum atomic E-state index is 13.1. The van der Waals surface area contributed by atoms with E-state index in [4.69, 9.17) is 0 Å². The standard InChI is InChI=1S/C26H31N5O2/c1-4-23(20-8-6-5-7-9-20)26(33)30-14-12-22(13-15-30)28-25(32)21-10-11-24(27-17-21)31-19(3)16-18(2)29-31/h5-11,16-17,22-23H,4,12-15H2,1-3H3,(H,28,32). The van der Waals surface area contributed by atoms with E-state index in [0.717, 1.165) is 36.2 Å². The maximum Gasteiger partial charge on any atom is 0.253 e. The minimum atomic E-state index is -0.136. The number of piperidine rings is 1. The molecule has 1 aromatic carbocycles. The lowest BCUT2D eigenvalue weighted by Crippen LogP contribution is -2.47. The Balaban J connectivity index is 1.32. The first-order chi connectivity index (χ1) is 16.0. The topological polar surface area (TPSA) is 80.1 Å². The van der Waals surface area contributed by atoms with Crippen LogP contribution in [0.25, 0.3) is 5.82 Å². The summed E-state index contributed by atoms with van der Waals surface area (Å²) in [5.41, 5.74) is 3.51. The van der Waals surface area contributed by atoms with E-state index in [1.54, 1.807) is 16.9 Å². The van der Waals surface area contributed by atoms with E-state index in [1.165, 1.54) is 0 Å². The summed E-state index contributed by atoms with van der Waals surface area (Å²) in [5.74, 6) is 0.623. The van der Waals surface area contributed by atoms with Gasteiger partial charge in [0, 0.05) is 31.0 Å². The summed E-state index contributed by atoms with van der Waals surface area (Å²) in [6.45, 7) is 7.28. The Kier molecular flexibility index (Phi) is 6.87. The van der Waals surface area contributed by atoms with Crippen molar-refractivity contribution in [1.29, 1.82) is 0 Å². The number of hydrogen-bond donors (Lipinski definition) is 1. The molecule has 1 N–H and O–H groups in total. The van der Waals surface area contributed by atoms with Gasteiger partial charge in [0.05, 0.1) is 17.2 Å². The number of nitrogens with zero attached hydrogens (tertiary/aromatic N) is 4. The van der Waals surface area contributed by atoms with E-state index in [-0.39, 0.29) is 23.8 Å². The van der Waals surface area contributed by atoms with Crippen LogP contribution in [0.2, 0.25) is 0 Å². The summed E-state index contributed by atoms with van der Waals surface area (Å²) in [7, 11) is 0. The molecule has 1 saturated heterocycles. The van der Waals surface area contributed by atoms with Gasteiger partial charge < -0.3 is 10.2 Å². The van der Waals surface area contributed by atoms with E-state index in [0.29, 0.717) is 24.5 Å². The Morgan fingerprint density at radius 2 is 1.82 bits per heavy atom. The maximum absolute atomic E-state index is 13.1. The molecule has 4 rings (SSSR count). The van der Waals surface area contributed by atoms with Crippen LogP contribution in [0.4, 0.5) is 0 Å². The van der Waals surface area contributed by atoms with Gasteiger partial charge in [-0.3, -0.25) is 9.59 Å². The first-order valence-electron chi connectivity index (χ1n) is 11.6. The van der Waals surface area contributed by atoms with Gasteiger partial charge in [-0.1, -0.05) is 37.3 Å². The van der Waals surface area contributed by atoms with Crippen LogP contribution in [0.5, 0.6) is 0 Å². The SMILES string of the molecule is CCC(C(=O)N1CCC(NC(=O)c2ccc(-n3nc(C)cc3C)nc2)CC1)c1ccccc1. The summed E-state index contributed by atoms with van der Waals surface area (Å²) in [6.07, 6.45) is 3.87. The molecule has 2 amide bonds. The van der Waals surface area contributed by atoms with Crippen molar-refractivity contribution in [2.75, 3.05) is 13.1 Å². The third-order valence-electron chi connectivity index (χ3n) is 6.29. The fraction of sp³-hybridized carbons (Fsp3) is 0.385. The van der Waals surface area contributed by atoms with Crippen molar-refractivity contribution in [3.05, 3.63) is 77.2 Å². The molecule has 1 aliphatic heterocycles. The molecule has 0 saturated carbocycles. The van der Waals surface area contributed by atoms with Crippen LogP contribution < -0.4 is 5.32 Å². The van der Waals surface area contributed by atoms with E-state index in [9.17, 15) is 9.59 Å². The largest absolute Gasteiger partial charge is 0.349 e. The average Bonchev–Trinajstić information content (AvgIpc) is 3.18. The van der Waals surface area contributed by atoms with E-state index in [2.05, 4.69) is 22.3 Å². The van der Waals surface area contributed by atoms with Crippen molar-refractivity contribution in [3.63, 3.8) is 0 Å². The summed E-state index contributed by atoms with van der Waals surface area (Å²) in [5, 5.41) is 7.53. The van der Waals surface area contributed by atoms with Crippen LogP contribution in [0.3, 0.4) is 0 Å². The molecule has 1 aliphatic rings. The predicted octanol–water partition coefficient (Wildman–Crippen LogP) is 3.80. The number of aryl methyl sites for hydroxylation is 2. The number of nitrogens with one attached hydrogen (secondary N) is 1. The third-order valence-corrected chi connectivity index (χ3v) is 6.29. The Bertz CT molecular complexity index is 1100. The molecule has 0 aliphatic carbocycles. The molecule has 3 heterocycles. The van der Waals surface area contributed by atoms with Crippen molar-refractivity contribution in [3.8, 4) is 5.82 Å². The lowest BCUT2D eigenvalue weighted by molar-refractivity contribution is -0.134. The number of likely N-dealkylation sites (tertiary alicyclic amines) is 1. The molecule has 172 valence electrons. The second kappa shape index (κ2) is 9.98. The van der Waals surface area contributed by atoms with Crippen molar-refractivity contribution in [1.82, 2.24) is 25.0 Å². The van der Waals surface area contributed by atoms with Gasteiger partial charge >= 0.3 is 0 Å². The minimum Gasteiger partial charge on any atom is -0.349 e. The second-order valence-corrected chi connectivity index (χ2v) is 8.69. The number of hydrogen-bond acceptors (Lipinski definition) is 4. The number of rotatable bonds is 6. The van der Waals surface area contributed by atoms with E-state index in [1.807, 2.05) is 61.2 Å². The highest BCUT2D eigenvalue weighted by atomic mass is 16.2. The highest BCUT2D eigenvalue weighted by molar-refractivity contribution is 5.94. The van der Waals surface area contributed by atoms with Crippen LogP contribution in [-0.4, -0.2) is 50.6 Å². The molecular formula is C26H31N5O2. The Morgan fingerprint density at radius 3 is 2.39 bits per heavy atom. The average molecular weight is 446 g/mol. The zero-order valence-electron chi connectivity index (χ0n) is 19.5. The van der Waals surface area contributed by atoms with Crippen LogP contribution >= 0.6 is 0 Å². The van der Waals surface area contributed by atoms with Crippen LogP contribution in [-0.2, 0) is 4.79 Å². The van der Waals surface area contributed by atoms with Crippen LogP contribution in [0, 0.1) is 13.8 Å². The molecule has 0 bridgehead atoms. The smallest absolute Gasteiger partial charge is 0.253 e. The highest BCUT2D eigenvalue weighted by Crippen LogP contribution is 2.24. The number of aromatic nitrogens is 3. The van der Waals surface area contributed by atoms with E-state index < -0.39 is 0 Å². The molecule has 2 aromatic heterocycles. The lowest BCUT2D eigenvalue weighted by atomic mass is 9.93. The van der Waals surface area contributed by atoms with Gasteiger partial charge in [-0.15, -0.1) is 0 Å². The Labute approximate surface area is 194 Å². The number of carbonyl (C=O) groups is 2. The molecule has 1 atom stereocenters. The molecule has 1 fully saturated rings. The van der Waals surface area contributed by atoms with Gasteiger partial charge in [0.15, 0.2) is 5.82 Å². The van der Waals surface area contributed by atoms with Crippen molar-refractivity contribution >= 4 is 11.8 Å². The lowest BCUT2D eigenvalue weighted by Gasteiger charge is -2.34. The van der Waals surface area contributed by atoms with Gasteiger partial charge in [-0.05, 0) is 56.9 Å². The zero-order chi connectivity index (χ0) is 23.4. The third kappa shape index (κ3) is 5.13. The van der Waals surface area contributed by atoms with Gasteiger partial charge in [0.2, 0.25) is 5.91 Å². The van der Waals surface area contributed by atoms with Crippen molar-refractivity contribution < 1.29 is 9.59 Å². The van der Waals surface area contributed by atoms with Crippen molar-refractivity contribution in [2.45, 2.75) is 52.0 Å². The second-order valence-electron chi connectivity index (χ2n) is 8.69.